The van der Waals surface area contributed by atoms with Crippen LogP contribution in [0.25, 0.3) is 0 Å². The van der Waals surface area contributed by atoms with Crippen molar-refractivity contribution in [3.8, 4) is 5.75 Å². The molecule has 0 saturated carbocycles. The van der Waals surface area contributed by atoms with Crippen molar-refractivity contribution < 1.29 is 14.2 Å². The topological polar surface area (TPSA) is 27.7 Å². The Hall–Kier alpha value is -1.06. The third-order valence-corrected chi connectivity index (χ3v) is 3.66. The highest BCUT2D eigenvalue weighted by atomic mass is 16.7. The maximum absolute atomic E-state index is 5.32. The van der Waals surface area contributed by atoms with Gasteiger partial charge in [-0.3, -0.25) is 0 Å². The second kappa shape index (κ2) is 6.92. The van der Waals surface area contributed by atoms with Gasteiger partial charge in [0.05, 0.1) is 19.3 Å². The van der Waals surface area contributed by atoms with Crippen molar-refractivity contribution in [2.45, 2.75) is 39.7 Å². The van der Waals surface area contributed by atoms with E-state index in [2.05, 4.69) is 32.0 Å². The summed E-state index contributed by atoms with van der Waals surface area (Å²) in [5.74, 6) is 1.69. The van der Waals surface area contributed by atoms with Gasteiger partial charge in [-0.05, 0) is 31.6 Å². The molecule has 0 N–H and O–H groups in total. The maximum Gasteiger partial charge on any atom is 0.147 e. The van der Waals surface area contributed by atoms with Crippen molar-refractivity contribution in [1.29, 1.82) is 0 Å². The van der Waals surface area contributed by atoms with Crippen LogP contribution in [-0.4, -0.2) is 26.1 Å². The molecule has 1 heterocycles. The number of hydrogen-bond acceptors (Lipinski definition) is 3. The van der Waals surface area contributed by atoms with Crippen LogP contribution in [0.3, 0.4) is 0 Å². The van der Waals surface area contributed by atoms with Crippen LogP contribution in [0.15, 0.2) is 18.2 Å². The van der Waals surface area contributed by atoms with Crippen molar-refractivity contribution >= 4 is 0 Å². The molecule has 2 atom stereocenters. The quantitative estimate of drug-likeness (QED) is 0.846. The minimum Gasteiger partial charge on any atom is -0.493 e. The molecule has 3 nitrogen and oxygen atoms in total. The van der Waals surface area contributed by atoms with Gasteiger partial charge in [0.15, 0.2) is 0 Å². The Balaban J connectivity index is 0.000000141. The lowest BCUT2D eigenvalue weighted by Gasteiger charge is -2.28. The van der Waals surface area contributed by atoms with E-state index in [-0.39, 0.29) is 0 Å². The van der Waals surface area contributed by atoms with Gasteiger partial charge < -0.3 is 14.2 Å². The molecule has 0 radical (unpaired) electrons. The van der Waals surface area contributed by atoms with E-state index in [9.17, 15) is 0 Å². The first-order valence-electron chi connectivity index (χ1n) is 7.22. The summed E-state index contributed by atoms with van der Waals surface area (Å²) in [6.45, 7) is 8.47. The molecule has 0 aromatic rings. The minimum atomic E-state index is 0.397. The fraction of sp³-hybridized carbons (Fsp3) is 0.625. The zero-order valence-electron chi connectivity index (χ0n) is 12.1. The standard InChI is InChI=1S/C8H16O2.C8H8O/c1-3-4-8-5-9-6-10-7(8)2;1-2-9-8-5-6-3-4-7(6)8/h7-8H,3-6H2,1-2H3;3-5H,2H2,1H3. The molecule has 0 bridgehead atoms. The summed E-state index contributed by atoms with van der Waals surface area (Å²) in [7, 11) is 0. The smallest absolute Gasteiger partial charge is 0.147 e. The molecule has 3 aliphatic rings. The third-order valence-electron chi connectivity index (χ3n) is 3.66. The highest BCUT2D eigenvalue weighted by Gasteiger charge is 2.20. The predicted octanol–water partition coefficient (Wildman–Crippen LogP) is 3.48. The van der Waals surface area contributed by atoms with Gasteiger partial charge in [-0.15, -0.1) is 0 Å². The molecular formula is C16H24O3. The lowest BCUT2D eigenvalue weighted by molar-refractivity contribution is -0.164. The molecule has 1 fully saturated rings. The van der Waals surface area contributed by atoms with Crippen LogP contribution in [-0.2, 0) is 9.47 Å². The van der Waals surface area contributed by atoms with Gasteiger partial charge in [-0.1, -0.05) is 25.5 Å². The van der Waals surface area contributed by atoms with Gasteiger partial charge in [-0.25, -0.2) is 0 Å². The van der Waals surface area contributed by atoms with E-state index < -0.39 is 0 Å². The molecule has 0 amide bonds. The van der Waals surface area contributed by atoms with Gasteiger partial charge in [0.1, 0.15) is 12.5 Å². The van der Waals surface area contributed by atoms with E-state index in [0.29, 0.717) is 18.8 Å². The van der Waals surface area contributed by atoms with Crippen LogP contribution in [0, 0.1) is 16.4 Å². The van der Waals surface area contributed by atoms with Crippen LogP contribution in [0.5, 0.6) is 5.75 Å². The van der Waals surface area contributed by atoms with Crippen molar-refractivity contribution in [3.05, 3.63) is 28.6 Å². The number of ether oxygens (including phenoxy) is 3. The van der Waals surface area contributed by atoms with E-state index in [1.54, 1.807) is 0 Å². The first kappa shape index (κ1) is 14.4. The molecule has 0 aromatic carbocycles. The predicted molar refractivity (Wildman–Crippen MR) is 75.0 cm³/mol. The van der Waals surface area contributed by atoms with Gasteiger partial charge in [-0.2, -0.15) is 0 Å². The molecule has 0 aromatic heterocycles. The van der Waals surface area contributed by atoms with Crippen LogP contribution in [0.2, 0.25) is 0 Å². The normalized spacial score (nSPS) is 23.3. The van der Waals surface area contributed by atoms with Crippen molar-refractivity contribution in [3.63, 3.8) is 0 Å². The Labute approximate surface area is 115 Å². The summed E-state index contributed by atoms with van der Waals surface area (Å²) >= 11 is 0. The number of hydrogen-bond donors (Lipinski definition) is 0. The summed E-state index contributed by atoms with van der Waals surface area (Å²) < 4.78 is 15.8. The van der Waals surface area contributed by atoms with Gasteiger partial charge in [0, 0.05) is 11.1 Å². The Bertz CT molecular complexity index is 481. The second-order valence-corrected chi connectivity index (χ2v) is 5.05. The Morgan fingerprint density at radius 3 is 2.63 bits per heavy atom. The molecule has 0 spiro atoms. The van der Waals surface area contributed by atoms with Crippen LogP contribution < -0.4 is 4.74 Å². The Morgan fingerprint density at radius 2 is 2.16 bits per heavy atom. The van der Waals surface area contributed by atoms with E-state index >= 15 is 0 Å². The summed E-state index contributed by atoms with van der Waals surface area (Å²) in [5.41, 5.74) is 0. The number of rotatable bonds is 4. The Morgan fingerprint density at radius 1 is 1.32 bits per heavy atom. The zero-order valence-corrected chi connectivity index (χ0v) is 12.1. The first-order valence-corrected chi connectivity index (χ1v) is 7.22. The van der Waals surface area contributed by atoms with Crippen molar-refractivity contribution in [2.24, 2.45) is 5.92 Å². The maximum atomic E-state index is 5.32. The summed E-state index contributed by atoms with van der Waals surface area (Å²) in [4.78, 5) is 0. The van der Waals surface area contributed by atoms with E-state index in [0.717, 1.165) is 19.0 Å². The summed E-state index contributed by atoms with van der Waals surface area (Å²) in [6.07, 6.45) is 2.84. The average molecular weight is 264 g/mol. The van der Waals surface area contributed by atoms with E-state index in [4.69, 9.17) is 14.2 Å². The molecule has 2 aliphatic carbocycles. The minimum absolute atomic E-state index is 0.397. The van der Waals surface area contributed by atoms with Crippen molar-refractivity contribution in [2.75, 3.05) is 20.0 Å². The molecule has 2 unspecified atom stereocenters. The second-order valence-electron chi connectivity index (χ2n) is 5.05. The van der Waals surface area contributed by atoms with Crippen LogP contribution in [0.1, 0.15) is 33.6 Å². The summed E-state index contributed by atoms with van der Waals surface area (Å²) in [5, 5.41) is 2.65. The Kier molecular flexibility index (Phi) is 5.23. The average Bonchev–Trinajstić information content (AvgIpc) is 2.39. The van der Waals surface area contributed by atoms with E-state index in [1.807, 2.05) is 6.92 Å². The SMILES string of the molecule is CCCC1COCOC1C.CCOc1cc2ccc1=2. The summed E-state index contributed by atoms with van der Waals surface area (Å²) in [6, 6.07) is 6.25. The lowest BCUT2D eigenvalue weighted by atomic mass is 9.99. The molecule has 3 heteroatoms. The molecule has 19 heavy (non-hydrogen) atoms. The zero-order chi connectivity index (χ0) is 13.7. The molecule has 3 rings (SSSR count). The molecule has 1 aliphatic heterocycles. The third kappa shape index (κ3) is 3.48. The van der Waals surface area contributed by atoms with Crippen LogP contribution in [0.4, 0.5) is 0 Å². The fourth-order valence-corrected chi connectivity index (χ4v) is 2.34. The van der Waals surface area contributed by atoms with Gasteiger partial charge >= 0.3 is 0 Å². The molecule has 1 saturated heterocycles. The highest BCUT2D eigenvalue weighted by molar-refractivity contribution is 5.38. The monoisotopic (exact) mass is 264 g/mol. The van der Waals surface area contributed by atoms with Crippen LogP contribution >= 0.6 is 0 Å². The van der Waals surface area contributed by atoms with Crippen molar-refractivity contribution in [1.82, 2.24) is 0 Å². The molecular weight excluding hydrogens is 240 g/mol. The lowest BCUT2D eigenvalue weighted by Crippen LogP contribution is -2.31. The fourth-order valence-electron chi connectivity index (χ4n) is 2.34. The largest absolute Gasteiger partial charge is 0.493 e. The van der Waals surface area contributed by atoms with E-state index in [1.165, 1.54) is 23.3 Å². The number of benzene rings is 1. The van der Waals surface area contributed by atoms with Gasteiger partial charge in [0.25, 0.3) is 0 Å². The highest BCUT2D eigenvalue weighted by Crippen LogP contribution is 2.23. The first-order chi connectivity index (χ1) is 9.26. The molecule has 106 valence electrons. The van der Waals surface area contributed by atoms with Gasteiger partial charge in [0.2, 0.25) is 0 Å².